The van der Waals surface area contributed by atoms with E-state index in [1.807, 2.05) is 0 Å². The van der Waals surface area contributed by atoms with Crippen LogP contribution in [-0.4, -0.2) is 44.2 Å². The molecule has 0 atom stereocenters. The number of hydrogen-bond donors (Lipinski definition) is 1. The smallest absolute Gasteiger partial charge is 0.256 e. The maximum absolute atomic E-state index is 13.2. The Bertz CT molecular complexity index is 417. The molecule has 0 spiro atoms. The zero-order valence-corrected chi connectivity index (χ0v) is 9.70. The van der Waals surface area contributed by atoms with Crippen LogP contribution in [0.1, 0.15) is 10.4 Å². The second kappa shape index (κ2) is 5.14. The summed E-state index contributed by atoms with van der Waals surface area (Å²) >= 11 is 0. The minimum absolute atomic E-state index is 0.155. The first kappa shape index (κ1) is 11.9. The lowest BCUT2D eigenvalue weighted by Crippen LogP contribution is -2.40. The number of halogens is 1. The molecule has 5 heteroatoms. The topological polar surface area (TPSA) is 41.6 Å². The number of rotatable bonds is 2. The van der Waals surface area contributed by atoms with Crippen molar-refractivity contribution in [2.24, 2.45) is 0 Å². The number of hydrogen-bond acceptors (Lipinski definition) is 3. The highest BCUT2D eigenvalue weighted by molar-refractivity contribution is 5.99. The molecule has 2 rings (SSSR count). The molecule has 1 amide bonds. The van der Waals surface area contributed by atoms with Gasteiger partial charge in [-0.05, 0) is 18.2 Å². The van der Waals surface area contributed by atoms with Crippen molar-refractivity contribution in [3.8, 4) is 0 Å². The van der Waals surface area contributed by atoms with E-state index in [2.05, 4.69) is 5.32 Å². The van der Waals surface area contributed by atoms with E-state index in [0.717, 1.165) is 0 Å². The van der Waals surface area contributed by atoms with Crippen molar-refractivity contribution in [3.05, 3.63) is 29.6 Å². The largest absolute Gasteiger partial charge is 0.387 e. The van der Waals surface area contributed by atoms with Crippen molar-refractivity contribution >= 4 is 11.6 Å². The fourth-order valence-corrected chi connectivity index (χ4v) is 1.85. The zero-order chi connectivity index (χ0) is 12.3. The maximum atomic E-state index is 13.2. The predicted molar refractivity (Wildman–Crippen MR) is 62.7 cm³/mol. The van der Waals surface area contributed by atoms with E-state index in [1.54, 1.807) is 18.0 Å². The highest BCUT2D eigenvalue weighted by Gasteiger charge is 2.21. The molecule has 1 aromatic carbocycles. The van der Waals surface area contributed by atoms with Crippen molar-refractivity contribution in [2.75, 3.05) is 38.7 Å². The molecule has 0 saturated carbocycles. The first-order valence-corrected chi connectivity index (χ1v) is 5.56. The minimum Gasteiger partial charge on any atom is -0.387 e. The fourth-order valence-electron chi connectivity index (χ4n) is 1.85. The van der Waals surface area contributed by atoms with Gasteiger partial charge in [0.2, 0.25) is 0 Å². The first-order valence-electron chi connectivity index (χ1n) is 5.56. The molecule has 17 heavy (non-hydrogen) atoms. The molecular weight excluding hydrogens is 223 g/mol. The Morgan fingerprint density at radius 2 is 2.12 bits per heavy atom. The van der Waals surface area contributed by atoms with E-state index in [1.165, 1.54) is 12.1 Å². The SMILES string of the molecule is CNc1ccc(F)cc1C(=O)N1CCOCC1. The van der Waals surface area contributed by atoms with Crippen molar-refractivity contribution in [3.63, 3.8) is 0 Å². The third kappa shape index (κ3) is 2.55. The second-order valence-electron chi connectivity index (χ2n) is 3.84. The van der Waals surface area contributed by atoms with Crippen LogP contribution in [0.2, 0.25) is 0 Å². The van der Waals surface area contributed by atoms with Gasteiger partial charge in [0.15, 0.2) is 0 Å². The van der Waals surface area contributed by atoms with Crippen molar-refractivity contribution < 1.29 is 13.9 Å². The first-order chi connectivity index (χ1) is 8.22. The van der Waals surface area contributed by atoms with E-state index in [0.29, 0.717) is 37.6 Å². The number of amides is 1. The Morgan fingerprint density at radius 1 is 1.41 bits per heavy atom. The monoisotopic (exact) mass is 238 g/mol. The van der Waals surface area contributed by atoms with E-state index < -0.39 is 5.82 Å². The van der Waals surface area contributed by atoms with E-state index in [4.69, 9.17) is 4.74 Å². The molecule has 1 aliphatic rings. The third-order valence-corrected chi connectivity index (χ3v) is 2.78. The third-order valence-electron chi connectivity index (χ3n) is 2.78. The lowest BCUT2D eigenvalue weighted by molar-refractivity contribution is 0.0303. The molecule has 0 bridgehead atoms. The number of nitrogens with zero attached hydrogens (tertiary/aromatic N) is 1. The predicted octanol–water partition coefficient (Wildman–Crippen LogP) is 1.34. The van der Waals surface area contributed by atoms with Crippen molar-refractivity contribution in [1.29, 1.82) is 0 Å². The summed E-state index contributed by atoms with van der Waals surface area (Å²) in [5.41, 5.74) is 1.01. The summed E-state index contributed by atoms with van der Waals surface area (Å²) in [4.78, 5) is 13.9. The van der Waals surface area contributed by atoms with Crippen LogP contribution in [0.15, 0.2) is 18.2 Å². The van der Waals surface area contributed by atoms with Crippen LogP contribution < -0.4 is 5.32 Å². The molecule has 1 fully saturated rings. The standard InChI is InChI=1S/C12H15FN2O2/c1-14-11-3-2-9(13)8-10(11)12(16)15-4-6-17-7-5-15/h2-3,8,14H,4-7H2,1H3. The van der Waals surface area contributed by atoms with Gasteiger partial charge in [0.25, 0.3) is 5.91 Å². The van der Waals surface area contributed by atoms with E-state index in [-0.39, 0.29) is 5.91 Å². The number of carbonyl (C=O) groups excluding carboxylic acids is 1. The van der Waals surface area contributed by atoms with Crippen LogP contribution in [-0.2, 0) is 4.74 Å². The van der Waals surface area contributed by atoms with Gasteiger partial charge in [-0.2, -0.15) is 0 Å². The van der Waals surface area contributed by atoms with Crippen molar-refractivity contribution in [1.82, 2.24) is 4.90 Å². The minimum atomic E-state index is -0.402. The molecule has 1 aliphatic heterocycles. The van der Waals surface area contributed by atoms with Gasteiger partial charge in [0, 0.05) is 25.8 Å². The number of anilines is 1. The summed E-state index contributed by atoms with van der Waals surface area (Å²) < 4.78 is 18.4. The summed E-state index contributed by atoms with van der Waals surface area (Å²) in [6, 6.07) is 4.18. The summed E-state index contributed by atoms with van der Waals surface area (Å²) in [5.74, 6) is -0.558. The molecule has 0 aromatic heterocycles. The lowest BCUT2D eigenvalue weighted by atomic mass is 10.1. The molecule has 1 heterocycles. The van der Waals surface area contributed by atoms with Crippen LogP contribution in [0.25, 0.3) is 0 Å². The molecule has 0 aliphatic carbocycles. The highest BCUT2D eigenvalue weighted by atomic mass is 19.1. The summed E-state index contributed by atoms with van der Waals surface area (Å²) in [6.07, 6.45) is 0. The van der Waals surface area contributed by atoms with Crippen molar-refractivity contribution in [2.45, 2.75) is 0 Å². The Kier molecular flexibility index (Phi) is 3.58. The average molecular weight is 238 g/mol. The second-order valence-corrected chi connectivity index (χ2v) is 3.84. The Labute approximate surface area is 99.4 Å². The molecular formula is C12H15FN2O2. The Morgan fingerprint density at radius 3 is 2.76 bits per heavy atom. The van der Waals surface area contributed by atoms with Crippen LogP contribution in [0.3, 0.4) is 0 Å². The van der Waals surface area contributed by atoms with Gasteiger partial charge in [-0.1, -0.05) is 0 Å². The van der Waals surface area contributed by atoms with E-state index >= 15 is 0 Å². The van der Waals surface area contributed by atoms with Gasteiger partial charge in [-0.25, -0.2) is 4.39 Å². The molecule has 1 aromatic rings. The van der Waals surface area contributed by atoms with Crippen LogP contribution in [0, 0.1) is 5.82 Å². The van der Waals surface area contributed by atoms with E-state index in [9.17, 15) is 9.18 Å². The van der Waals surface area contributed by atoms with Gasteiger partial charge in [-0.15, -0.1) is 0 Å². The normalized spacial score (nSPS) is 15.8. The quantitative estimate of drug-likeness (QED) is 0.845. The molecule has 0 unspecified atom stereocenters. The number of benzene rings is 1. The summed E-state index contributed by atoms with van der Waals surface area (Å²) in [6.45, 7) is 2.18. The van der Waals surface area contributed by atoms with Gasteiger partial charge in [0.05, 0.1) is 18.8 Å². The molecule has 1 saturated heterocycles. The molecule has 0 radical (unpaired) electrons. The zero-order valence-electron chi connectivity index (χ0n) is 9.70. The highest BCUT2D eigenvalue weighted by Crippen LogP contribution is 2.19. The summed E-state index contributed by atoms with van der Waals surface area (Å²) in [7, 11) is 1.71. The number of carbonyl (C=O) groups is 1. The lowest BCUT2D eigenvalue weighted by Gasteiger charge is -2.27. The fraction of sp³-hybridized carbons (Fsp3) is 0.417. The average Bonchev–Trinajstić information content (AvgIpc) is 2.39. The number of ether oxygens (including phenoxy) is 1. The maximum Gasteiger partial charge on any atom is 0.256 e. The van der Waals surface area contributed by atoms with Crippen LogP contribution in [0.4, 0.5) is 10.1 Å². The van der Waals surface area contributed by atoms with Crippen LogP contribution >= 0.6 is 0 Å². The van der Waals surface area contributed by atoms with Gasteiger partial charge in [-0.3, -0.25) is 4.79 Å². The van der Waals surface area contributed by atoms with Gasteiger partial charge < -0.3 is 15.0 Å². The van der Waals surface area contributed by atoms with Crippen LogP contribution in [0.5, 0.6) is 0 Å². The van der Waals surface area contributed by atoms with Gasteiger partial charge >= 0.3 is 0 Å². The number of morpholine rings is 1. The Balaban J connectivity index is 2.25. The number of nitrogens with one attached hydrogen (secondary N) is 1. The molecule has 92 valence electrons. The Hall–Kier alpha value is -1.62. The molecule has 1 N–H and O–H groups in total. The summed E-state index contributed by atoms with van der Waals surface area (Å²) in [5, 5.41) is 2.90. The van der Waals surface area contributed by atoms with Gasteiger partial charge in [0.1, 0.15) is 5.82 Å². The molecule has 4 nitrogen and oxygen atoms in total.